The van der Waals surface area contributed by atoms with E-state index in [-0.39, 0.29) is 11.7 Å². The Morgan fingerprint density at radius 2 is 1.76 bits per heavy atom. The van der Waals surface area contributed by atoms with E-state index < -0.39 is 0 Å². The summed E-state index contributed by atoms with van der Waals surface area (Å²) in [5, 5.41) is 12.3. The van der Waals surface area contributed by atoms with Crippen molar-refractivity contribution < 1.29 is 9.90 Å². The predicted molar refractivity (Wildman–Crippen MR) is 86.4 cm³/mol. The van der Waals surface area contributed by atoms with Crippen LogP contribution in [0.3, 0.4) is 0 Å². The molecule has 3 nitrogen and oxygen atoms in total. The maximum absolute atomic E-state index is 12.1. The van der Waals surface area contributed by atoms with Crippen LogP contribution in [0.1, 0.15) is 29.8 Å². The smallest absolute Gasteiger partial charge is 0.255 e. The molecule has 0 aliphatic heterocycles. The first kappa shape index (κ1) is 14.9. The summed E-state index contributed by atoms with van der Waals surface area (Å²) in [7, 11) is 0. The van der Waals surface area contributed by atoms with E-state index in [0.717, 1.165) is 5.56 Å². The van der Waals surface area contributed by atoms with Crippen LogP contribution in [0.15, 0.2) is 54.6 Å². The van der Waals surface area contributed by atoms with Gasteiger partial charge in [0.1, 0.15) is 5.75 Å². The van der Waals surface area contributed by atoms with Crippen molar-refractivity contribution in [1.29, 1.82) is 0 Å². The molecular weight excluding hydrogens is 262 g/mol. The molecule has 0 radical (unpaired) electrons. The zero-order valence-corrected chi connectivity index (χ0v) is 12.2. The van der Waals surface area contributed by atoms with Gasteiger partial charge in [0.05, 0.1) is 5.69 Å². The molecule has 0 unspecified atom stereocenters. The number of hydrogen-bond acceptors (Lipinski definition) is 2. The molecule has 0 atom stereocenters. The first-order chi connectivity index (χ1) is 10.1. The van der Waals surface area contributed by atoms with Gasteiger partial charge in [0.25, 0.3) is 5.91 Å². The van der Waals surface area contributed by atoms with E-state index in [1.807, 2.05) is 18.2 Å². The van der Waals surface area contributed by atoms with Gasteiger partial charge in [0.15, 0.2) is 0 Å². The quantitative estimate of drug-likeness (QED) is 0.820. The number of para-hydroxylation sites is 2. The number of nitrogens with one attached hydrogen (secondary N) is 1. The van der Waals surface area contributed by atoms with Gasteiger partial charge in [-0.25, -0.2) is 0 Å². The fourth-order valence-corrected chi connectivity index (χ4v) is 1.82. The highest BCUT2D eigenvalue weighted by Crippen LogP contribution is 2.22. The van der Waals surface area contributed by atoms with E-state index in [9.17, 15) is 9.90 Å². The van der Waals surface area contributed by atoms with E-state index in [4.69, 9.17) is 0 Å². The second-order valence-electron chi connectivity index (χ2n) is 5.20. The van der Waals surface area contributed by atoms with Crippen LogP contribution in [0, 0.1) is 5.92 Å². The Bertz CT molecular complexity index is 643. The topological polar surface area (TPSA) is 49.3 Å². The molecule has 21 heavy (non-hydrogen) atoms. The molecule has 0 fully saturated rings. The molecule has 0 bridgehead atoms. The van der Waals surface area contributed by atoms with Crippen LogP contribution in [-0.2, 0) is 0 Å². The highest BCUT2D eigenvalue weighted by molar-refractivity contribution is 6.05. The molecule has 0 heterocycles. The lowest BCUT2D eigenvalue weighted by Crippen LogP contribution is -2.11. The van der Waals surface area contributed by atoms with Crippen LogP contribution < -0.4 is 5.32 Å². The molecule has 0 saturated carbocycles. The van der Waals surface area contributed by atoms with Gasteiger partial charge in [-0.1, -0.05) is 50.3 Å². The number of phenolic OH excluding ortho intramolecular Hbond substituents is 1. The summed E-state index contributed by atoms with van der Waals surface area (Å²) < 4.78 is 0. The van der Waals surface area contributed by atoms with Gasteiger partial charge in [0.2, 0.25) is 0 Å². The maximum Gasteiger partial charge on any atom is 0.255 e. The normalized spacial score (nSPS) is 11.0. The van der Waals surface area contributed by atoms with Crippen LogP contribution in [-0.4, -0.2) is 11.0 Å². The molecule has 0 saturated heterocycles. The minimum Gasteiger partial charge on any atom is -0.506 e. The minimum absolute atomic E-state index is 0.0577. The van der Waals surface area contributed by atoms with Crippen LogP contribution in [0.4, 0.5) is 5.69 Å². The van der Waals surface area contributed by atoms with Gasteiger partial charge in [-0.3, -0.25) is 4.79 Å². The molecule has 3 heteroatoms. The number of carbonyl (C=O) groups excluding carboxylic acids is 1. The fourth-order valence-electron chi connectivity index (χ4n) is 1.82. The standard InChI is InChI=1S/C18H19NO2/c1-13(2)7-8-14-9-11-15(12-10-14)18(21)19-16-5-3-4-6-17(16)20/h3-13,20H,1-2H3,(H,19,21). The van der Waals surface area contributed by atoms with Gasteiger partial charge >= 0.3 is 0 Å². The van der Waals surface area contributed by atoms with E-state index >= 15 is 0 Å². The van der Waals surface area contributed by atoms with Gasteiger partial charge in [-0.15, -0.1) is 0 Å². The third kappa shape index (κ3) is 4.21. The lowest BCUT2D eigenvalue weighted by molar-refractivity contribution is 0.102. The van der Waals surface area contributed by atoms with Gasteiger partial charge in [-0.2, -0.15) is 0 Å². The summed E-state index contributed by atoms with van der Waals surface area (Å²) in [5.41, 5.74) is 2.02. The Morgan fingerprint density at radius 1 is 1.10 bits per heavy atom. The summed E-state index contributed by atoms with van der Waals surface area (Å²) in [6.07, 6.45) is 4.15. The fraction of sp³-hybridized carbons (Fsp3) is 0.167. The highest BCUT2D eigenvalue weighted by Gasteiger charge is 2.07. The van der Waals surface area contributed by atoms with Crippen molar-refractivity contribution in [2.24, 2.45) is 5.92 Å². The number of hydrogen-bond donors (Lipinski definition) is 2. The summed E-state index contributed by atoms with van der Waals surface area (Å²) >= 11 is 0. The lowest BCUT2D eigenvalue weighted by atomic mass is 10.1. The molecule has 0 aliphatic rings. The van der Waals surface area contributed by atoms with E-state index in [2.05, 4.69) is 25.2 Å². The van der Waals surface area contributed by atoms with Crippen molar-refractivity contribution in [1.82, 2.24) is 0 Å². The van der Waals surface area contributed by atoms with Crippen molar-refractivity contribution in [2.45, 2.75) is 13.8 Å². The minimum atomic E-state index is -0.240. The Hall–Kier alpha value is -2.55. The average molecular weight is 281 g/mol. The van der Waals surface area contributed by atoms with E-state index in [0.29, 0.717) is 17.2 Å². The highest BCUT2D eigenvalue weighted by atomic mass is 16.3. The molecule has 2 N–H and O–H groups in total. The number of aromatic hydroxyl groups is 1. The number of benzene rings is 2. The first-order valence-corrected chi connectivity index (χ1v) is 6.94. The SMILES string of the molecule is CC(C)C=Cc1ccc(C(=O)Nc2ccccc2O)cc1. The van der Waals surface area contributed by atoms with Crippen LogP contribution >= 0.6 is 0 Å². The van der Waals surface area contributed by atoms with E-state index in [1.165, 1.54) is 6.07 Å². The molecule has 0 aromatic heterocycles. The third-order valence-electron chi connectivity index (χ3n) is 3.00. The second kappa shape index (κ2) is 6.75. The van der Waals surface area contributed by atoms with Gasteiger partial charge in [-0.05, 0) is 35.7 Å². The maximum atomic E-state index is 12.1. The van der Waals surface area contributed by atoms with Crippen LogP contribution in [0.25, 0.3) is 6.08 Å². The Kier molecular flexibility index (Phi) is 4.77. The van der Waals surface area contributed by atoms with Crippen molar-refractivity contribution in [3.8, 4) is 5.75 Å². The summed E-state index contributed by atoms with van der Waals surface area (Å²) in [4.78, 5) is 12.1. The van der Waals surface area contributed by atoms with Crippen molar-refractivity contribution in [3.63, 3.8) is 0 Å². The van der Waals surface area contributed by atoms with Crippen LogP contribution in [0.2, 0.25) is 0 Å². The average Bonchev–Trinajstić information content (AvgIpc) is 2.48. The molecule has 2 aromatic carbocycles. The predicted octanol–water partition coefficient (Wildman–Crippen LogP) is 4.31. The number of rotatable bonds is 4. The van der Waals surface area contributed by atoms with E-state index in [1.54, 1.807) is 30.3 Å². The van der Waals surface area contributed by atoms with Gasteiger partial charge in [0, 0.05) is 5.56 Å². The molecule has 0 spiro atoms. The zero-order chi connectivity index (χ0) is 15.2. The molecular formula is C18H19NO2. The Morgan fingerprint density at radius 3 is 2.38 bits per heavy atom. The number of phenols is 1. The first-order valence-electron chi connectivity index (χ1n) is 6.94. The van der Waals surface area contributed by atoms with Crippen molar-refractivity contribution >= 4 is 17.7 Å². The summed E-state index contributed by atoms with van der Waals surface area (Å²) in [5.74, 6) is 0.312. The Balaban J connectivity index is 2.08. The molecule has 2 rings (SSSR count). The number of anilines is 1. The summed E-state index contributed by atoms with van der Waals surface area (Å²) in [6, 6.07) is 14.0. The molecule has 108 valence electrons. The largest absolute Gasteiger partial charge is 0.506 e. The Labute approximate surface area is 124 Å². The third-order valence-corrected chi connectivity index (χ3v) is 3.00. The lowest BCUT2D eigenvalue weighted by Gasteiger charge is -2.07. The van der Waals surface area contributed by atoms with Gasteiger partial charge < -0.3 is 10.4 Å². The zero-order valence-electron chi connectivity index (χ0n) is 12.2. The van der Waals surface area contributed by atoms with Crippen molar-refractivity contribution in [3.05, 3.63) is 65.7 Å². The van der Waals surface area contributed by atoms with Crippen LogP contribution in [0.5, 0.6) is 5.75 Å². The molecule has 0 aliphatic carbocycles. The van der Waals surface area contributed by atoms with Crippen molar-refractivity contribution in [2.75, 3.05) is 5.32 Å². The monoisotopic (exact) mass is 281 g/mol. The number of allylic oxidation sites excluding steroid dienone is 1. The second-order valence-corrected chi connectivity index (χ2v) is 5.20. The molecule has 1 amide bonds. The molecule has 2 aromatic rings. The number of carbonyl (C=O) groups is 1. The summed E-state index contributed by atoms with van der Waals surface area (Å²) in [6.45, 7) is 4.23. The number of amides is 1.